The summed E-state index contributed by atoms with van der Waals surface area (Å²) in [6.45, 7) is -0.283. The smallest absolute Gasteiger partial charge is 0.261 e. The van der Waals surface area contributed by atoms with Gasteiger partial charge in [0.2, 0.25) is 5.91 Å². The van der Waals surface area contributed by atoms with Crippen LogP contribution in [0.4, 0.5) is 9.52 Å². The summed E-state index contributed by atoms with van der Waals surface area (Å²) in [6, 6.07) is 8.78. The Morgan fingerprint density at radius 1 is 1.21 bits per heavy atom. The van der Waals surface area contributed by atoms with Crippen molar-refractivity contribution in [2.45, 2.75) is 6.54 Å². The normalized spacial score (nSPS) is 11.0. The molecule has 2 heterocycles. The molecule has 4 aromatic rings. The number of fused-ring (bicyclic) bond motifs is 1. The minimum Gasteiger partial charge on any atom is -0.300 e. The molecule has 0 unspecified atom stereocenters. The van der Waals surface area contributed by atoms with Crippen LogP contribution in [0.1, 0.15) is 0 Å². The zero-order valence-corrected chi connectivity index (χ0v) is 16.9. The van der Waals surface area contributed by atoms with E-state index in [0.717, 1.165) is 10.6 Å². The van der Waals surface area contributed by atoms with E-state index in [2.05, 4.69) is 15.3 Å². The van der Waals surface area contributed by atoms with E-state index in [0.29, 0.717) is 32.0 Å². The average Bonchev–Trinajstić information content (AvgIpc) is 3.12. The molecular weight excluding hydrogens is 438 g/mol. The van der Waals surface area contributed by atoms with E-state index in [1.54, 1.807) is 23.6 Å². The maximum Gasteiger partial charge on any atom is 0.261 e. The molecule has 4 rings (SSSR count). The number of anilines is 1. The number of carbonyl (C=O) groups excluding carboxylic acids is 1. The van der Waals surface area contributed by atoms with Gasteiger partial charge in [-0.2, -0.15) is 0 Å². The van der Waals surface area contributed by atoms with Crippen molar-refractivity contribution in [3.8, 4) is 11.3 Å². The molecule has 0 radical (unpaired) electrons. The zero-order valence-electron chi connectivity index (χ0n) is 14.5. The fraction of sp³-hybridized carbons (Fsp3) is 0.0526. The van der Waals surface area contributed by atoms with Gasteiger partial charge in [0, 0.05) is 16.0 Å². The summed E-state index contributed by atoms with van der Waals surface area (Å²) in [5, 5.41) is 5.80. The lowest BCUT2D eigenvalue weighted by Crippen LogP contribution is -2.27. The van der Waals surface area contributed by atoms with E-state index < -0.39 is 17.3 Å². The van der Waals surface area contributed by atoms with Crippen LogP contribution in [-0.2, 0) is 11.3 Å². The quantitative estimate of drug-likeness (QED) is 0.494. The molecule has 29 heavy (non-hydrogen) atoms. The van der Waals surface area contributed by atoms with Crippen molar-refractivity contribution in [3.63, 3.8) is 0 Å². The number of thiazole rings is 1. The molecule has 10 heteroatoms. The molecule has 0 saturated heterocycles. The summed E-state index contributed by atoms with van der Waals surface area (Å²) in [6.07, 6.45) is 1.25. The van der Waals surface area contributed by atoms with E-state index in [1.807, 2.05) is 0 Å². The van der Waals surface area contributed by atoms with Gasteiger partial charge in [0.15, 0.2) is 5.13 Å². The Kier molecular flexibility index (Phi) is 5.31. The molecule has 1 N–H and O–H groups in total. The van der Waals surface area contributed by atoms with Crippen LogP contribution in [0.15, 0.2) is 52.9 Å². The lowest BCUT2D eigenvalue weighted by atomic mass is 10.2. The number of rotatable bonds is 4. The monoisotopic (exact) mass is 448 g/mol. The summed E-state index contributed by atoms with van der Waals surface area (Å²) in [5.74, 6) is -1.01. The predicted molar refractivity (Wildman–Crippen MR) is 112 cm³/mol. The Labute approximate surface area is 177 Å². The standard InChI is InChI=1S/C19H11Cl2FN4O2S/c20-10-1-3-12(14(21)5-10)16-8-29-19(24-16)25-17(27)7-26-9-23-15-4-2-11(22)6-13(15)18(26)28/h1-6,8-9H,7H2,(H,24,25,27). The number of benzene rings is 2. The number of aromatic nitrogens is 3. The van der Waals surface area contributed by atoms with Gasteiger partial charge in [-0.15, -0.1) is 11.3 Å². The van der Waals surface area contributed by atoms with Crippen molar-refractivity contribution in [2.24, 2.45) is 0 Å². The number of hydrogen-bond acceptors (Lipinski definition) is 5. The molecule has 0 aliphatic rings. The summed E-state index contributed by atoms with van der Waals surface area (Å²) >= 11 is 13.3. The van der Waals surface area contributed by atoms with Crippen molar-refractivity contribution in [1.82, 2.24) is 14.5 Å². The SMILES string of the molecule is O=C(Cn1cnc2ccc(F)cc2c1=O)Nc1nc(-c2ccc(Cl)cc2Cl)cs1. The van der Waals surface area contributed by atoms with E-state index in [1.165, 1.54) is 29.8 Å². The highest BCUT2D eigenvalue weighted by atomic mass is 35.5. The summed E-state index contributed by atoms with van der Waals surface area (Å²) < 4.78 is 14.5. The third-order valence-electron chi connectivity index (χ3n) is 4.06. The van der Waals surface area contributed by atoms with Gasteiger partial charge in [-0.1, -0.05) is 23.2 Å². The Hall–Kier alpha value is -2.81. The van der Waals surface area contributed by atoms with Crippen molar-refractivity contribution < 1.29 is 9.18 Å². The van der Waals surface area contributed by atoms with Crippen molar-refractivity contribution in [2.75, 3.05) is 5.32 Å². The first-order chi connectivity index (χ1) is 13.9. The average molecular weight is 449 g/mol. The third kappa shape index (κ3) is 4.14. The van der Waals surface area contributed by atoms with Gasteiger partial charge in [0.1, 0.15) is 12.4 Å². The van der Waals surface area contributed by atoms with Gasteiger partial charge >= 0.3 is 0 Å². The molecule has 0 fully saturated rings. The molecule has 0 saturated carbocycles. The number of nitrogens with zero attached hydrogens (tertiary/aromatic N) is 3. The number of halogens is 3. The van der Waals surface area contributed by atoms with Crippen LogP contribution < -0.4 is 10.9 Å². The molecule has 0 aliphatic carbocycles. The fourth-order valence-electron chi connectivity index (χ4n) is 2.71. The molecule has 0 atom stereocenters. The van der Waals surface area contributed by atoms with Crippen LogP contribution in [0, 0.1) is 5.82 Å². The Balaban J connectivity index is 1.52. The largest absolute Gasteiger partial charge is 0.300 e. The summed E-state index contributed by atoms with van der Waals surface area (Å²) in [4.78, 5) is 33.2. The maximum absolute atomic E-state index is 13.4. The summed E-state index contributed by atoms with van der Waals surface area (Å²) in [5.41, 5.74) is 1.13. The first-order valence-electron chi connectivity index (χ1n) is 8.26. The third-order valence-corrected chi connectivity index (χ3v) is 5.36. The van der Waals surface area contributed by atoms with Crippen LogP contribution in [0.3, 0.4) is 0 Å². The topological polar surface area (TPSA) is 76.9 Å². The minimum absolute atomic E-state index is 0.106. The Bertz CT molecular complexity index is 1310. The van der Waals surface area contributed by atoms with Gasteiger partial charge in [-0.25, -0.2) is 14.4 Å². The zero-order chi connectivity index (χ0) is 20.5. The van der Waals surface area contributed by atoms with Gasteiger partial charge < -0.3 is 5.32 Å². The van der Waals surface area contributed by atoms with Gasteiger partial charge in [0.05, 0.1) is 27.9 Å². The van der Waals surface area contributed by atoms with Gasteiger partial charge in [-0.3, -0.25) is 14.2 Å². The second-order valence-electron chi connectivity index (χ2n) is 6.05. The van der Waals surface area contributed by atoms with E-state index >= 15 is 0 Å². The van der Waals surface area contributed by atoms with E-state index in [-0.39, 0.29) is 11.9 Å². The lowest BCUT2D eigenvalue weighted by molar-refractivity contribution is -0.116. The van der Waals surface area contributed by atoms with Crippen LogP contribution in [-0.4, -0.2) is 20.4 Å². The molecule has 2 aromatic heterocycles. The first-order valence-corrected chi connectivity index (χ1v) is 9.90. The second-order valence-corrected chi connectivity index (χ2v) is 7.75. The highest BCUT2D eigenvalue weighted by Crippen LogP contribution is 2.32. The highest BCUT2D eigenvalue weighted by Gasteiger charge is 2.13. The molecule has 6 nitrogen and oxygen atoms in total. The number of amides is 1. The van der Waals surface area contributed by atoms with E-state index in [9.17, 15) is 14.0 Å². The number of nitrogens with one attached hydrogen (secondary N) is 1. The van der Waals surface area contributed by atoms with E-state index in [4.69, 9.17) is 23.2 Å². The van der Waals surface area contributed by atoms with Crippen molar-refractivity contribution in [3.05, 3.63) is 74.3 Å². The Morgan fingerprint density at radius 3 is 2.83 bits per heavy atom. The molecule has 1 amide bonds. The molecule has 146 valence electrons. The van der Waals surface area contributed by atoms with Crippen molar-refractivity contribution >= 4 is 56.5 Å². The first kappa shape index (κ1) is 19.5. The molecule has 2 aromatic carbocycles. The lowest BCUT2D eigenvalue weighted by Gasteiger charge is -2.06. The number of carbonyl (C=O) groups is 1. The molecule has 0 bridgehead atoms. The summed E-state index contributed by atoms with van der Waals surface area (Å²) in [7, 11) is 0. The Morgan fingerprint density at radius 2 is 2.03 bits per heavy atom. The van der Waals surface area contributed by atoms with Crippen LogP contribution in [0.5, 0.6) is 0 Å². The van der Waals surface area contributed by atoms with Crippen molar-refractivity contribution in [1.29, 1.82) is 0 Å². The highest BCUT2D eigenvalue weighted by molar-refractivity contribution is 7.14. The van der Waals surface area contributed by atoms with Crippen LogP contribution in [0.25, 0.3) is 22.2 Å². The number of hydrogen-bond donors (Lipinski definition) is 1. The molecule has 0 spiro atoms. The van der Waals surface area contributed by atoms with Gasteiger partial charge in [-0.05, 0) is 36.4 Å². The van der Waals surface area contributed by atoms with Crippen LogP contribution in [0.2, 0.25) is 10.0 Å². The minimum atomic E-state index is -0.547. The predicted octanol–water partition coefficient (Wildman–Crippen LogP) is 4.60. The maximum atomic E-state index is 13.4. The fourth-order valence-corrected chi connectivity index (χ4v) is 3.94. The molecular formula is C19H11Cl2FN4O2S. The van der Waals surface area contributed by atoms with Crippen LogP contribution >= 0.6 is 34.5 Å². The van der Waals surface area contributed by atoms with Gasteiger partial charge in [0.25, 0.3) is 5.56 Å². The second kappa shape index (κ2) is 7.90. The molecule has 0 aliphatic heterocycles.